The summed E-state index contributed by atoms with van der Waals surface area (Å²) < 4.78 is 36.9. The average Bonchev–Trinajstić information content (AvgIpc) is 2.26. The van der Waals surface area contributed by atoms with E-state index in [0.717, 1.165) is 7.05 Å². The van der Waals surface area contributed by atoms with Crippen LogP contribution in [-0.2, 0) is 10.1 Å². The van der Waals surface area contributed by atoms with Crippen molar-refractivity contribution in [3.8, 4) is 0 Å². The van der Waals surface area contributed by atoms with Crippen molar-refractivity contribution in [1.82, 2.24) is 0 Å². The monoisotopic (exact) mass is 363 g/mol. The molecule has 1 rings (SSSR count). The zero-order valence-electron chi connectivity index (χ0n) is 8.99. The third kappa shape index (κ3) is 3.10. The predicted octanol–water partition coefficient (Wildman–Crippen LogP) is 4.41. The molecule has 100 valence electrons. The number of anilines is 1. The van der Waals surface area contributed by atoms with Crippen LogP contribution in [0.1, 0.15) is 5.56 Å². The number of halogens is 6. The minimum Gasteiger partial charge on any atom is -0.306 e. The molecule has 0 aromatic heterocycles. The van der Waals surface area contributed by atoms with Crippen molar-refractivity contribution in [3.05, 3.63) is 27.7 Å². The molecule has 1 aromatic rings. The summed E-state index contributed by atoms with van der Waals surface area (Å²) in [6.45, 7) is 0. The van der Waals surface area contributed by atoms with Crippen molar-refractivity contribution in [3.63, 3.8) is 0 Å². The van der Waals surface area contributed by atoms with Crippen LogP contribution < -0.4 is 4.90 Å². The van der Waals surface area contributed by atoms with Crippen LogP contribution in [0.15, 0.2) is 12.1 Å². The molecule has 8 heteroatoms. The fourth-order valence-electron chi connectivity index (χ4n) is 1.27. The molecule has 18 heavy (non-hydrogen) atoms. The smallest absolute Gasteiger partial charge is 0.306 e. The van der Waals surface area contributed by atoms with Gasteiger partial charge in [0.1, 0.15) is 0 Å². The number of amides is 1. The first-order valence-corrected chi connectivity index (χ1v) is 6.45. The summed E-state index contributed by atoms with van der Waals surface area (Å²) in [7, 11) is 1.00. The Balaban J connectivity index is 3.23. The second-order valence-corrected chi connectivity index (χ2v) is 4.70. The maximum Gasteiger partial charge on any atom is 0.471 e. The van der Waals surface area contributed by atoms with Gasteiger partial charge in [-0.05, 0) is 12.1 Å². The van der Waals surface area contributed by atoms with Crippen molar-refractivity contribution < 1.29 is 18.0 Å². The quantitative estimate of drug-likeness (QED) is 0.711. The molecule has 0 saturated carbocycles. The molecule has 0 spiro atoms. The Kier molecular flexibility index (Phi) is 4.91. The van der Waals surface area contributed by atoms with Crippen molar-refractivity contribution in [1.29, 1.82) is 0 Å². The van der Waals surface area contributed by atoms with Gasteiger partial charge in [-0.2, -0.15) is 13.2 Å². The number of rotatable bonds is 2. The largest absolute Gasteiger partial charge is 0.471 e. The molecule has 0 bridgehead atoms. The lowest BCUT2D eigenvalue weighted by Crippen LogP contribution is -2.38. The topological polar surface area (TPSA) is 20.3 Å². The van der Waals surface area contributed by atoms with Crippen LogP contribution in [0.5, 0.6) is 0 Å². The summed E-state index contributed by atoms with van der Waals surface area (Å²) in [4.78, 5) is 11.5. The molecule has 1 aromatic carbocycles. The Hall–Kier alpha value is -0.460. The maximum absolute atomic E-state index is 12.3. The zero-order valence-corrected chi connectivity index (χ0v) is 12.1. The van der Waals surface area contributed by atoms with E-state index in [-0.39, 0.29) is 16.0 Å². The predicted molar refractivity (Wildman–Crippen MR) is 68.6 cm³/mol. The second-order valence-electron chi connectivity index (χ2n) is 3.35. The minimum absolute atomic E-state index is 0.0134. The van der Waals surface area contributed by atoms with Crippen molar-refractivity contribution in [2.45, 2.75) is 11.5 Å². The van der Waals surface area contributed by atoms with Gasteiger partial charge in [-0.25, -0.2) is 0 Å². The number of hydrogen-bond donors (Lipinski definition) is 0. The Bertz CT molecular complexity index is 479. The molecule has 0 fully saturated rings. The normalized spacial score (nSPS) is 11.5. The molecule has 0 aliphatic heterocycles. The van der Waals surface area contributed by atoms with Crippen molar-refractivity contribution in [2.24, 2.45) is 0 Å². The van der Waals surface area contributed by atoms with Crippen LogP contribution in [0.2, 0.25) is 10.0 Å². The van der Waals surface area contributed by atoms with Gasteiger partial charge in [0, 0.05) is 23.0 Å². The summed E-state index contributed by atoms with van der Waals surface area (Å²) in [6.07, 6.45) is -4.95. The van der Waals surface area contributed by atoms with Crippen molar-refractivity contribution in [2.75, 3.05) is 11.9 Å². The molecule has 0 aliphatic carbocycles. The van der Waals surface area contributed by atoms with Gasteiger partial charge in [-0.3, -0.25) is 4.79 Å². The molecule has 0 radical (unpaired) electrons. The van der Waals surface area contributed by atoms with Gasteiger partial charge >= 0.3 is 12.1 Å². The molecular weight excluding hydrogens is 358 g/mol. The molecular formula is C10H7BrCl2F3NO. The van der Waals surface area contributed by atoms with Crippen LogP contribution in [-0.4, -0.2) is 19.1 Å². The lowest BCUT2D eigenvalue weighted by molar-refractivity contribution is -0.170. The molecule has 0 unspecified atom stereocenters. The van der Waals surface area contributed by atoms with Gasteiger partial charge in [0.25, 0.3) is 0 Å². The number of hydrogen-bond acceptors (Lipinski definition) is 1. The Morgan fingerprint density at radius 2 is 1.94 bits per heavy atom. The fraction of sp³-hybridized carbons (Fsp3) is 0.300. The highest BCUT2D eigenvalue weighted by atomic mass is 79.9. The highest BCUT2D eigenvalue weighted by Crippen LogP contribution is 2.36. The van der Waals surface area contributed by atoms with Gasteiger partial charge in [-0.15, -0.1) is 0 Å². The number of carbonyl (C=O) groups excluding carboxylic acids is 1. The fourth-order valence-corrected chi connectivity index (χ4v) is 2.80. The average molecular weight is 365 g/mol. The summed E-state index contributed by atoms with van der Waals surface area (Å²) >= 11 is 14.9. The van der Waals surface area contributed by atoms with Gasteiger partial charge < -0.3 is 4.90 Å². The van der Waals surface area contributed by atoms with Gasteiger partial charge in [0.15, 0.2) is 0 Å². The SMILES string of the molecule is CN(C(=O)C(F)(F)F)c1ccc(Cl)c(CBr)c1Cl. The Morgan fingerprint density at radius 3 is 2.39 bits per heavy atom. The zero-order chi connectivity index (χ0) is 14.1. The Labute approximate surface area is 120 Å². The van der Waals surface area contributed by atoms with Crippen LogP contribution in [0, 0.1) is 0 Å². The summed E-state index contributed by atoms with van der Waals surface area (Å²) in [6, 6.07) is 2.65. The third-order valence-corrected chi connectivity index (χ3v) is 3.54. The van der Waals surface area contributed by atoms with E-state index in [9.17, 15) is 18.0 Å². The first-order valence-electron chi connectivity index (χ1n) is 4.57. The summed E-state index contributed by atoms with van der Waals surface area (Å²) in [5, 5.41) is 0.597. The Morgan fingerprint density at radius 1 is 1.39 bits per heavy atom. The molecule has 1 amide bonds. The van der Waals surface area contributed by atoms with Crippen LogP contribution in [0.4, 0.5) is 18.9 Å². The third-order valence-electron chi connectivity index (χ3n) is 2.21. The van der Waals surface area contributed by atoms with E-state index in [0.29, 0.717) is 15.5 Å². The van der Waals surface area contributed by atoms with E-state index in [1.807, 2.05) is 0 Å². The van der Waals surface area contributed by atoms with E-state index < -0.39 is 12.1 Å². The standard InChI is InChI=1S/C10H7BrCl2F3NO/c1-17(9(18)10(14,15)16)7-3-2-6(12)5(4-11)8(7)13/h2-3H,4H2,1H3. The molecule has 0 N–H and O–H groups in total. The first kappa shape index (κ1) is 15.6. The number of carbonyl (C=O) groups is 1. The van der Waals surface area contributed by atoms with Crippen LogP contribution >= 0.6 is 39.1 Å². The van der Waals surface area contributed by atoms with Gasteiger partial charge in [0.2, 0.25) is 0 Å². The summed E-state index contributed by atoms with van der Waals surface area (Å²) in [5.74, 6) is -1.99. The molecule has 0 aliphatic rings. The van der Waals surface area contributed by atoms with Gasteiger partial charge in [-0.1, -0.05) is 39.1 Å². The van der Waals surface area contributed by atoms with E-state index in [2.05, 4.69) is 15.9 Å². The lowest BCUT2D eigenvalue weighted by Gasteiger charge is -2.21. The number of nitrogens with zero attached hydrogens (tertiary/aromatic N) is 1. The number of benzene rings is 1. The van der Waals surface area contributed by atoms with E-state index in [4.69, 9.17) is 23.2 Å². The van der Waals surface area contributed by atoms with E-state index in [1.54, 1.807) is 0 Å². The van der Waals surface area contributed by atoms with Gasteiger partial charge in [0.05, 0.1) is 10.7 Å². The second kappa shape index (κ2) is 5.67. The number of alkyl halides is 4. The minimum atomic E-state index is -4.95. The van der Waals surface area contributed by atoms with Crippen LogP contribution in [0.3, 0.4) is 0 Å². The molecule has 2 nitrogen and oxygen atoms in total. The first-order chi connectivity index (χ1) is 8.20. The van der Waals surface area contributed by atoms with E-state index in [1.165, 1.54) is 12.1 Å². The molecule has 0 saturated heterocycles. The maximum atomic E-state index is 12.3. The van der Waals surface area contributed by atoms with E-state index >= 15 is 0 Å². The van der Waals surface area contributed by atoms with Crippen LogP contribution in [0.25, 0.3) is 0 Å². The highest BCUT2D eigenvalue weighted by molar-refractivity contribution is 9.08. The lowest BCUT2D eigenvalue weighted by atomic mass is 10.2. The summed E-state index contributed by atoms with van der Waals surface area (Å²) in [5.41, 5.74) is 0.385. The van der Waals surface area contributed by atoms with Crippen molar-refractivity contribution >= 4 is 50.7 Å². The highest BCUT2D eigenvalue weighted by Gasteiger charge is 2.42. The molecule has 0 heterocycles. The molecule has 0 atom stereocenters.